The molecule has 0 bridgehead atoms. The van der Waals surface area contributed by atoms with E-state index in [-0.39, 0.29) is 0 Å². The van der Waals surface area contributed by atoms with Crippen molar-refractivity contribution in [1.29, 1.82) is 0 Å². The molecule has 1 aliphatic rings. The molecule has 2 unspecified atom stereocenters. The number of rotatable bonds is 3. The fraction of sp³-hybridized carbons (Fsp3) is 0.643. The number of hydrogen-bond acceptors (Lipinski definition) is 3. The van der Waals surface area contributed by atoms with Gasteiger partial charge in [-0.3, -0.25) is 4.98 Å². The van der Waals surface area contributed by atoms with E-state index in [0.29, 0.717) is 5.92 Å². The third kappa shape index (κ3) is 2.67. The van der Waals surface area contributed by atoms with Gasteiger partial charge in [-0.1, -0.05) is 18.9 Å². The molecule has 0 spiro atoms. The zero-order chi connectivity index (χ0) is 12.3. The van der Waals surface area contributed by atoms with Gasteiger partial charge >= 0.3 is 0 Å². The normalized spacial score (nSPS) is 29.5. The Morgan fingerprint density at radius 2 is 2.24 bits per heavy atom. The van der Waals surface area contributed by atoms with E-state index in [1.165, 1.54) is 6.42 Å². The van der Waals surface area contributed by atoms with Crippen molar-refractivity contribution in [3.8, 4) is 0 Å². The van der Waals surface area contributed by atoms with Crippen molar-refractivity contribution >= 4 is 0 Å². The van der Waals surface area contributed by atoms with Gasteiger partial charge in [-0.15, -0.1) is 0 Å². The van der Waals surface area contributed by atoms with Gasteiger partial charge in [0.05, 0.1) is 5.69 Å². The minimum Gasteiger partial charge on any atom is -0.383 e. The number of aliphatic hydroxyl groups is 1. The largest absolute Gasteiger partial charge is 0.383 e. The predicted molar refractivity (Wildman–Crippen MR) is 68.6 cm³/mol. The average molecular weight is 234 g/mol. The van der Waals surface area contributed by atoms with Crippen molar-refractivity contribution in [1.82, 2.24) is 9.88 Å². The molecule has 0 radical (unpaired) electrons. The second-order valence-electron chi connectivity index (χ2n) is 5.34. The van der Waals surface area contributed by atoms with E-state index in [2.05, 4.69) is 24.0 Å². The lowest BCUT2D eigenvalue weighted by atomic mass is 9.73. The average Bonchev–Trinajstić information content (AvgIpc) is 2.33. The van der Waals surface area contributed by atoms with Crippen LogP contribution in [0.2, 0.25) is 0 Å². The molecule has 17 heavy (non-hydrogen) atoms. The Balaban J connectivity index is 2.25. The van der Waals surface area contributed by atoms with Crippen molar-refractivity contribution in [2.75, 3.05) is 20.6 Å². The molecular weight excluding hydrogens is 212 g/mol. The van der Waals surface area contributed by atoms with Crippen LogP contribution in [0.3, 0.4) is 0 Å². The molecular formula is C14H22N2O. The van der Waals surface area contributed by atoms with Crippen LogP contribution in [0.1, 0.15) is 31.4 Å². The Morgan fingerprint density at radius 3 is 2.88 bits per heavy atom. The SMILES string of the molecule is CN(C)CC1CCCCC1(O)c1ccccn1. The second kappa shape index (κ2) is 5.15. The van der Waals surface area contributed by atoms with Gasteiger partial charge in [0, 0.05) is 18.7 Å². The molecule has 0 aliphatic heterocycles. The van der Waals surface area contributed by atoms with E-state index in [0.717, 1.165) is 31.5 Å². The lowest BCUT2D eigenvalue weighted by Gasteiger charge is -2.40. The van der Waals surface area contributed by atoms with Crippen LogP contribution in [-0.4, -0.2) is 35.6 Å². The minimum absolute atomic E-state index is 0.293. The molecule has 1 aliphatic carbocycles. The van der Waals surface area contributed by atoms with Crippen molar-refractivity contribution in [3.05, 3.63) is 30.1 Å². The van der Waals surface area contributed by atoms with Crippen LogP contribution in [0.5, 0.6) is 0 Å². The third-order valence-electron chi connectivity index (χ3n) is 3.73. The van der Waals surface area contributed by atoms with Gasteiger partial charge in [-0.25, -0.2) is 0 Å². The van der Waals surface area contributed by atoms with Crippen LogP contribution in [0, 0.1) is 5.92 Å². The molecule has 1 fully saturated rings. The smallest absolute Gasteiger partial charge is 0.110 e. The first-order valence-corrected chi connectivity index (χ1v) is 6.41. The van der Waals surface area contributed by atoms with Gasteiger partial charge in [-0.05, 0) is 39.1 Å². The lowest BCUT2D eigenvalue weighted by Crippen LogP contribution is -2.43. The summed E-state index contributed by atoms with van der Waals surface area (Å²) in [4.78, 5) is 6.52. The summed E-state index contributed by atoms with van der Waals surface area (Å²) in [5.41, 5.74) is 0.107. The zero-order valence-electron chi connectivity index (χ0n) is 10.8. The van der Waals surface area contributed by atoms with Crippen molar-refractivity contribution in [3.63, 3.8) is 0 Å². The maximum absolute atomic E-state index is 11.0. The van der Waals surface area contributed by atoms with Gasteiger partial charge in [0.1, 0.15) is 5.60 Å². The summed E-state index contributed by atoms with van der Waals surface area (Å²) >= 11 is 0. The summed E-state index contributed by atoms with van der Waals surface area (Å²) in [5.74, 6) is 0.293. The van der Waals surface area contributed by atoms with Crippen LogP contribution < -0.4 is 0 Å². The Hall–Kier alpha value is -0.930. The lowest BCUT2D eigenvalue weighted by molar-refractivity contribution is -0.0652. The van der Waals surface area contributed by atoms with Gasteiger partial charge in [0.25, 0.3) is 0 Å². The summed E-state index contributed by atoms with van der Waals surface area (Å²) in [5, 5.41) is 11.0. The molecule has 3 nitrogen and oxygen atoms in total. The van der Waals surface area contributed by atoms with Gasteiger partial charge in [0.2, 0.25) is 0 Å². The first kappa shape index (κ1) is 12.5. The van der Waals surface area contributed by atoms with Crippen LogP contribution in [0.15, 0.2) is 24.4 Å². The molecule has 94 valence electrons. The summed E-state index contributed by atoms with van der Waals surface area (Å²) in [6.45, 7) is 0.924. The molecule has 1 heterocycles. The molecule has 1 aromatic heterocycles. The first-order valence-electron chi connectivity index (χ1n) is 6.41. The van der Waals surface area contributed by atoms with Crippen molar-refractivity contribution < 1.29 is 5.11 Å². The van der Waals surface area contributed by atoms with E-state index in [1.54, 1.807) is 6.20 Å². The van der Waals surface area contributed by atoms with Crippen LogP contribution in [-0.2, 0) is 5.60 Å². The Morgan fingerprint density at radius 1 is 1.41 bits per heavy atom. The summed E-state index contributed by atoms with van der Waals surface area (Å²) in [7, 11) is 4.13. The van der Waals surface area contributed by atoms with Crippen LogP contribution in [0.4, 0.5) is 0 Å². The molecule has 2 rings (SSSR count). The fourth-order valence-corrected chi connectivity index (χ4v) is 2.87. The van der Waals surface area contributed by atoms with E-state index in [1.807, 2.05) is 18.2 Å². The number of aromatic nitrogens is 1. The van der Waals surface area contributed by atoms with Crippen molar-refractivity contribution in [2.24, 2.45) is 5.92 Å². The Bertz CT molecular complexity index is 352. The maximum Gasteiger partial charge on any atom is 0.110 e. The summed E-state index contributed by atoms with van der Waals surface area (Å²) in [6, 6.07) is 5.81. The standard InChI is InChI=1S/C14H22N2O/c1-16(2)11-12-7-3-5-9-14(12,17)13-8-4-6-10-15-13/h4,6,8,10,12,17H,3,5,7,9,11H2,1-2H3. The highest BCUT2D eigenvalue weighted by molar-refractivity contribution is 5.15. The third-order valence-corrected chi connectivity index (χ3v) is 3.73. The number of pyridine rings is 1. The number of nitrogens with zero attached hydrogens (tertiary/aromatic N) is 2. The molecule has 0 amide bonds. The molecule has 1 aromatic rings. The monoisotopic (exact) mass is 234 g/mol. The van der Waals surface area contributed by atoms with Crippen molar-refractivity contribution in [2.45, 2.75) is 31.3 Å². The highest BCUT2D eigenvalue weighted by Gasteiger charge is 2.41. The summed E-state index contributed by atoms with van der Waals surface area (Å²) in [6.07, 6.45) is 6.01. The van der Waals surface area contributed by atoms with Gasteiger partial charge in [0.15, 0.2) is 0 Å². The second-order valence-corrected chi connectivity index (χ2v) is 5.34. The van der Waals surface area contributed by atoms with E-state index in [9.17, 15) is 5.11 Å². The maximum atomic E-state index is 11.0. The van der Waals surface area contributed by atoms with E-state index >= 15 is 0 Å². The quantitative estimate of drug-likeness (QED) is 0.869. The van der Waals surface area contributed by atoms with Crippen LogP contribution in [0.25, 0.3) is 0 Å². The molecule has 1 saturated carbocycles. The first-order chi connectivity index (χ1) is 8.13. The highest BCUT2D eigenvalue weighted by Crippen LogP contribution is 2.40. The molecule has 0 saturated heterocycles. The number of hydrogen-bond donors (Lipinski definition) is 1. The molecule has 3 heteroatoms. The Labute approximate surface area is 103 Å². The fourth-order valence-electron chi connectivity index (χ4n) is 2.87. The molecule has 0 aromatic carbocycles. The van der Waals surface area contributed by atoms with E-state index < -0.39 is 5.60 Å². The predicted octanol–water partition coefficient (Wildman–Crippen LogP) is 2.02. The molecule has 2 atom stereocenters. The Kier molecular flexibility index (Phi) is 3.79. The minimum atomic E-state index is -0.732. The highest BCUT2D eigenvalue weighted by atomic mass is 16.3. The van der Waals surface area contributed by atoms with Gasteiger partial charge in [-0.2, -0.15) is 0 Å². The van der Waals surface area contributed by atoms with Crippen LogP contribution >= 0.6 is 0 Å². The zero-order valence-corrected chi connectivity index (χ0v) is 10.8. The van der Waals surface area contributed by atoms with E-state index in [4.69, 9.17) is 0 Å². The topological polar surface area (TPSA) is 36.4 Å². The van der Waals surface area contributed by atoms with Gasteiger partial charge < -0.3 is 10.0 Å². The molecule has 1 N–H and O–H groups in total. The summed E-state index contributed by atoms with van der Waals surface area (Å²) < 4.78 is 0.